The molecular weight excluding hydrogens is 797 g/mol. The molecule has 6 nitrogen and oxygen atoms in total. The number of aromatic nitrogens is 4. The van der Waals surface area contributed by atoms with Crippen molar-refractivity contribution in [2.24, 2.45) is 0 Å². The molecule has 0 aliphatic carbocycles. The van der Waals surface area contributed by atoms with Crippen LogP contribution in [-0.4, -0.2) is 19.5 Å². The van der Waals surface area contributed by atoms with Gasteiger partial charge in [-0.05, 0) is 75.6 Å². The summed E-state index contributed by atoms with van der Waals surface area (Å²) in [5.74, 6) is 1.70. The molecule has 0 N–H and O–H groups in total. The average Bonchev–Trinajstić information content (AvgIpc) is 4.03. The van der Waals surface area contributed by atoms with Gasteiger partial charge in [0.2, 0.25) is 0 Å². The molecule has 0 atom stereocenters. The number of nitrogens with zero attached hydrogens (tertiary/aromatic N) is 4. The normalized spacial score (nSPS) is 12.0. The molecule has 0 aliphatic rings. The van der Waals surface area contributed by atoms with Gasteiger partial charge in [0.1, 0.15) is 22.3 Å². The van der Waals surface area contributed by atoms with Gasteiger partial charge in [-0.3, -0.25) is 0 Å². The first-order valence-corrected chi connectivity index (χ1v) is 21.8. The van der Waals surface area contributed by atoms with Gasteiger partial charge in [-0.15, -0.1) is 0 Å². The number of hydrogen-bond donors (Lipinski definition) is 0. The van der Waals surface area contributed by atoms with E-state index in [9.17, 15) is 0 Å². The van der Waals surface area contributed by atoms with Crippen LogP contribution in [0.3, 0.4) is 0 Å². The van der Waals surface area contributed by atoms with Crippen molar-refractivity contribution in [2.45, 2.75) is 0 Å². The average molecular weight is 831 g/mol. The quantitative estimate of drug-likeness (QED) is 0.173. The summed E-state index contributed by atoms with van der Waals surface area (Å²) in [6, 6.07) is 72.2. The molecule has 10 aromatic carbocycles. The Hall–Kier alpha value is -8.87. The van der Waals surface area contributed by atoms with Crippen LogP contribution < -0.4 is 0 Å². The highest BCUT2D eigenvalue weighted by Gasteiger charge is 2.24. The van der Waals surface area contributed by atoms with Crippen molar-refractivity contribution >= 4 is 87.2 Å². The van der Waals surface area contributed by atoms with Crippen molar-refractivity contribution in [3.8, 4) is 51.0 Å². The van der Waals surface area contributed by atoms with Crippen molar-refractivity contribution in [1.82, 2.24) is 19.5 Å². The fourth-order valence-electron chi connectivity index (χ4n) is 10.0. The lowest BCUT2D eigenvalue weighted by atomic mass is 9.98. The number of fused-ring (bicyclic) bond motifs is 11. The van der Waals surface area contributed by atoms with Crippen LogP contribution >= 0.6 is 0 Å². The van der Waals surface area contributed by atoms with Crippen LogP contribution in [0, 0.1) is 0 Å². The second-order valence-corrected chi connectivity index (χ2v) is 16.7. The Labute approximate surface area is 371 Å². The van der Waals surface area contributed by atoms with Crippen LogP contribution in [-0.2, 0) is 0 Å². The molecule has 0 spiro atoms. The highest BCUT2D eigenvalue weighted by molar-refractivity contribution is 6.19. The largest absolute Gasteiger partial charge is 0.456 e. The molecule has 65 heavy (non-hydrogen) atoms. The zero-order chi connectivity index (χ0) is 42.6. The molecule has 0 fully saturated rings. The van der Waals surface area contributed by atoms with Gasteiger partial charge in [0, 0.05) is 60.6 Å². The molecule has 14 aromatic rings. The predicted octanol–water partition coefficient (Wildman–Crippen LogP) is 15.7. The molecule has 0 bridgehead atoms. The van der Waals surface area contributed by atoms with Crippen molar-refractivity contribution in [2.75, 3.05) is 0 Å². The van der Waals surface area contributed by atoms with Crippen LogP contribution in [0.25, 0.3) is 138 Å². The van der Waals surface area contributed by atoms with Gasteiger partial charge in [0.15, 0.2) is 17.5 Å². The van der Waals surface area contributed by atoms with Crippen LogP contribution in [0.4, 0.5) is 0 Å². The summed E-state index contributed by atoms with van der Waals surface area (Å²) in [5.41, 5.74) is 11.2. The molecule has 0 amide bonds. The third-order valence-electron chi connectivity index (χ3n) is 13.0. The molecule has 4 heterocycles. The van der Waals surface area contributed by atoms with E-state index in [1.54, 1.807) is 0 Å². The van der Waals surface area contributed by atoms with E-state index in [-0.39, 0.29) is 0 Å². The molecule has 6 heteroatoms. The van der Waals surface area contributed by atoms with E-state index in [1.165, 1.54) is 32.3 Å². The molecule has 14 rings (SSSR count). The van der Waals surface area contributed by atoms with E-state index in [0.717, 1.165) is 88.4 Å². The monoisotopic (exact) mass is 830 g/mol. The Balaban J connectivity index is 1.06. The van der Waals surface area contributed by atoms with Crippen molar-refractivity contribution in [3.05, 3.63) is 206 Å². The second-order valence-electron chi connectivity index (χ2n) is 16.7. The second kappa shape index (κ2) is 13.8. The molecule has 0 aliphatic heterocycles. The maximum atomic E-state index is 6.94. The van der Waals surface area contributed by atoms with Crippen LogP contribution in [0.5, 0.6) is 0 Å². The topological polar surface area (TPSA) is 69.9 Å². The minimum absolute atomic E-state index is 0.554. The highest BCUT2D eigenvalue weighted by Crippen LogP contribution is 2.45. The molecular formula is C59H34N4O2. The minimum atomic E-state index is 0.554. The first kappa shape index (κ1) is 35.7. The summed E-state index contributed by atoms with van der Waals surface area (Å²) in [7, 11) is 0. The van der Waals surface area contributed by atoms with E-state index in [0.29, 0.717) is 17.5 Å². The van der Waals surface area contributed by atoms with Gasteiger partial charge in [0.25, 0.3) is 0 Å². The Morgan fingerprint density at radius 3 is 1.40 bits per heavy atom. The van der Waals surface area contributed by atoms with E-state index >= 15 is 0 Å². The zero-order valence-electron chi connectivity index (χ0n) is 34.7. The SMILES string of the molecule is c1ccc(-c2nc(-c3cccc4oc5ccccc5c34)nc(-c3cccc4oc5cc(-n6c7cc8ccccc8cc7c7cc8ccccc8cc76)c(-c6ccccc6)cc5c34)n2)cc1. The lowest BCUT2D eigenvalue weighted by Gasteiger charge is -2.15. The molecule has 4 aromatic heterocycles. The maximum absolute atomic E-state index is 6.94. The number of benzene rings is 10. The summed E-state index contributed by atoms with van der Waals surface area (Å²) in [5, 5.41) is 11.1. The van der Waals surface area contributed by atoms with Gasteiger partial charge in [0.05, 0.1) is 16.7 Å². The summed E-state index contributed by atoms with van der Waals surface area (Å²) in [6.07, 6.45) is 0. The minimum Gasteiger partial charge on any atom is -0.456 e. The standard InChI is InChI=1S/C59H34N4O2/c1-3-15-35(16-4-1)44-33-47-54(34-50(44)63-48-31-39-21-9-7-19-37(39)29-45(48)46-30-38-20-8-10-22-40(38)32-49(46)63)65-53-28-14-25-43(56(47)53)59-61-57(36-17-5-2-6-18-36)60-58(62-59)42-24-13-27-52-55(42)41-23-11-12-26-51(41)64-52/h1-34H. The first-order valence-electron chi connectivity index (χ1n) is 21.8. The van der Waals surface area contributed by atoms with Crippen molar-refractivity contribution in [1.29, 1.82) is 0 Å². The third-order valence-corrected chi connectivity index (χ3v) is 13.0. The van der Waals surface area contributed by atoms with E-state index in [2.05, 4.69) is 138 Å². The van der Waals surface area contributed by atoms with E-state index in [4.69, 9.17) is 23.8 Å². The van der Waals surface area contributed by atoms with Crippen molar-refractivity contribution < 1.29 is 8.83 Å². The predicted molar refractivity (Wildman–Crippen MR) is 265 cm³/mol. The van der Waals surface area contributed by atoms with Crippen LogP contribution in [0.15, 0.2) is 215 Å². The number of furan rings is 2. The Morgan fingerprint density at radius 2 is 0.785 bits per heavy atom. The number of hydrogen-bond acceptors (Lipinski definition) is 5. The molecule has 0 unspecified atom stereocenters. The number of rotatable bonds is 5. The maximum Gasteiger partial charge on any atom is 0.164 e. The lowest BCUT2D eigenvalue weighted by molar-refractivity contribution is 0.668. The fraction of sp³-hybridized carbons (Fsp3) is 0. The highest BCUT2D eigenvalue weighted by atomic mass is 16.3. The van der Waals surface area contributed by atoms with Gasteiger partial charge in [-0.25, -0.2) is 15.0 Å². The first-order chi connectivity index (χ1) is 32.2. The summed E-state index contributed by atoms with van der Waals surface area (Å²) in [4.78, 5) is 15.7. The van der Waals surface area contributed by atoms with Gasteiger partial charge >= 0.3 is 0 Å². The third kappa shape index (κ3) is 5.51. The van der Waals surface area contributed by atoms with Gasteiger partial charge < -0.3 is 13.4 Å². The fourth-order valence-corrected chi connectivity index (χ4v) is 10.0. The Kier molecular flexibility index (Phi) is 7.59. The molecule has 0 radical (unpaired) electrons. The van der Waals surface area contributed by atoms with Crippen molar-refractivity contribution in [3.63, 3.8) is 0 Å². The van der Waals surface area contributed by atoms with Gasteiger partial charge in [-0.1, -0.05) is 152 Å². The Morgan fingerprint density at radius 1 is 0.308 bits per heavy atom. The summed E-state index contributed by atoms with van der Waals surface area (Å²) in [6.45, 7) is 0. The van der Waals surface area contributed by atoms with Crippen LogP contribution in [0.1, 0.15) is 0 Å². The number of para-hydroxylation sites is 1. The van der Waals surface area contributed by atoms with Gasteiger partial charge in [-0.2, -0.15) is 0 Å². The molecule has 0 saturated heterocycles. The Bertz CT molecular complexity index is 4150. The smallest absolute Gasteiger partial charge is 0.164 e. The molecule has 0 saturated carbocycles. The van der Waals surface area contributed by atoms with E-state index < -0.39 is 0 Å². The summed E-state index contributed by atoms with van der Waals surface area (Å²) >= 11 is 0. The summed E-state index contributed by atoms with van der Waals surface area (Å²) < 4.78 is 15.7. The zero-order valence-corrected chi connectivity index (χ0v) is 34.7. The molecule has 302 valence electrons. The van der Waals surface area contributed by atoms with E-state index in [1.807, 2.05) is 72.8 Å². The van der Waals surface area contributed by atoms with Crippen LogP contribution in [0.2, 0.25) is 0 Å². The lowest BCUT2D eigenvalue weighted by Crippen LogP contribution is -2.00.